The standard InChI is InChI=1S/C25H28ClN3O/c1-2-29(12-13-30)17-20-9-5-8-19(20)16-27-24-15-23(18-6-3-4-7-18)28-25-14-21(26)10-11-22(24)25/h3-4,6-11,14-15,18,30H,2,5,12-13,16-17H2,1H3,(H,27,28). The third-order valence-corrected chi connectivity index (χ3v) is 5.98. The van der Waals surface area contributed by atoms with Gasteiger partial charge in [-0.3, -0.25) is 9.88 Å². The minimum Gasteiger partial charge on any atom is -0.395 e. The molecule has 0 amide bonds. The highest BCUT2D eigenvalue weighted by atomic mass is 35.5. The molecule has 0 unspecified atom stereocenters. The fraction of sp³-hybridized carbons (Fsp3) is 0.320. The highest BCUT2D eigenvalue weighted by Crippen LogP contribution is 2.31. The summed E-state index contributed by atoms with van der Waals surface area (Å²) in [5.41, 5.74) is 5.69. The van der Waals surface area contributed by atoms with E-state index in [1.165, 1.54) is 11.1 Å². The van der Waals surface area contributed by atoms with E-state index in [2.05, 4.69) is 59.7 Å². The van der Waals surface area contributed by atoms with Crippen LogP contribution in [0.3, 0.4) is 0 Å². The lowest BCUT2D eigenvalue weighted by atomic mass is 10.0. The molecule has 0 atom stereocenters. The zero-order valence-electron chi connectivity index (χ0n) is 17.3. The van der Waals surface area contributed by atoms with Crippen molar-refractivity contribution in [1.29, 1.82) is 0 Å². The maximum absolute atomic E-state index is 9.28. The van der Waals surface area contributed by atoms with Crippen LogP contribution in [-0.2, 0) is 0 Å². The van der Waals surface area contributed by atoms with Gasteiger partial charge in [-0.15, -0.1) is 0 Å². The Kier molecular flexibility index (Phi) is 6.68. The van der Waals surface area contributed by atoms with Gasteiger partial charge in [0.25, 0.3) is 0 Å². The lowest BCUT2D eigenvalue weighted by Gasteiger charge is -2.22. The molecule has 5 heteroatoms. The minimum absolute atomic E-state index is 0.191. The molecule has 0 aliphatic heterocycles. The molecule has 0 fully saturated rings. The summed E-state index contributed by atoms with van der Waals surface area (Å²) in [4.78, 5) is 7.13. The molecule has 1 aromatic carbocycles. The van der Waals surface area contributed by atoms with Gasteiger partial charge in [-0.05, 0) is 48.4 Å². The molecule has 4 rings (SSSR count). The SMILES string of the molecule is CCN(CCO)CC1=CCC=C1CNc1cc(C2C=CC=C2)nc2cc(Cl)ccc12. The quantitative estimate of drug-likeness (QED) is 0.592. The first-order valence-electron chi connectivity index (χ1n) is 10.6. The summed E-state index contributed by atoms with van der Waals surface area (Å²) >= 11 is 6.24. The second kappa shape index (κ2) is 9.61. The minimum atomic E-state index is 0.191. The van der Waals surface area contributed by atoms with Gasteiger partial charge < -0.3 is 10.4 Å². The molecule has 4 nitrogen and oxygen atoms in total. The summed E-state index contributed by atoms with van der Waals surface area (Å²) in [5, 5.41) is 14.7. The van der Waals surface area contributed by atoms with Crippen LogP contribution in [0, 0.1) is 0 Å². The monoisotopic (exact) mass is 421 g/mol. The molecule has 0 saturated heterocycles. The maximum atomic E-state index is 9.28. The molecular formula is C25H28ClN3O. The summed E-state index contributed by atoms with van der Waals surface area (Å²) in [6.45, 7) is 5.60. The number of nitrogens with one attached hydrogen (secondary N) is 1. The van der Waals surface area contributed by atoms with Crippen molar-refractivity contribution in [2.24, 2.45) is 0 Å². The maximum Gasteiger partial charge on any atom is 0.0741 e. The molecular weight excluding hydrogens is 394 g/mol. The Bertz CT molecular complexity index is 1030. The number of aromatic nitrogens is 1. The average Bonchev–Trinajstić information content (AvgIpc) is 3.43. The van der Waals surface area contributed by atoms with Crippen LogP contribution in [0.4, 0.5) is 5.69 Å². The Labute approximate surface area is 183 Å². The van der Waals surface area contributed by atoms with Gasteiger partial charge in [-0.25, -0.2) is 0 Å². The van der Waals surface area contributed by atoms with Crippen molar-refractivity contribution in [1.82, 2.24) is 9.88 Å². The van der Waals surface area contributed by atoms with Crippen molar-refractivity contribution in [3.05, 3.63) is 82.6 Å². The zero-order chi connectivity index (χ0) is 20.9. The highest BCUT2D eigenvalue weighted by molar-refractivity contribution is 6.31. The van der Waals surface area contributed by atoms with Gasteiger partial charge in [-0.1, -0.05) is 55.0 Å². The smallest absolute Gasteiger partial charge is 0.0741 e. The molecule has 0 bridgehead atoms. The van der Waals surface area contributed by atoms with Crippen LogP contribution in [0.1, 0.15) is 25.0 Å². The summed E-state index contributed by atoms with van der Waals surface area (Å²) in [5.74, 6) is 0.201. The van der Waals surface area contributed by atoms with Crippen molar-refractivity contribution < 1.29 is 5.11 Å². The van der Waals surface area contributed by atoms with E-state index in [-0.39, 0.29) is 12.5 Å². The topological polar surface area (TPSA) is 48.4 Å². The predicted octanol–water partition coefficient (Wildman–Crippen LogP) is 5.08. The number of pyridine rings is 1. The van der Waals surface area contributed by atoms with Gasteiger partial charge in [0.15, 0.2) is 0 Å². The molecule has 1 aromatic heterocycles. The second-order valence-corrected chi connectivity index (χ2v) is 8.13. The summed E-state index contributed by atoms with van der Waals surface area (Å²) < 4.78 is 0. The molecule has 156 valence electrons. The van der Waals surface area contributed by atoms with Crippen molar-refractivity contribution in [2.45, 2.75) is 19.3 Å². The number of hydrogen-bond acceptors (Lipinski definition) is 4. The van der Waals surface area contributed by atoms with E-state index >= 15 is 0 Å². The van der Waals surface area contributed by atoms with Crippen molar-refractivity contribution in [3.63, 3.8) is 0 Å². The van der Waals surface area contributed by atoms with Crippen molar-refractivity contribution in [3.8, 4) is 0 Å². The number of benzene rings is 1. The Hall–Kier alpha value is -2.40. The van der Waals surface area contributed by atoms with Gasteiger partial charge in [-0.2, -0.15) is 0 Å². The van der Waals surface area contributed by atoms with E-state index in [1.54, 1.807) is 0 Å². The number of anilines is 1. The lowest BCUT2D eigenvalue weighted by Crippen LogP contribution is -2.29. The number of halogens is 1. The first kappa shape index (κ1) is 20.9. The van der Waals surface area contributed by atoms with E-state index in [0.29, 0.717) is 11.6 Å². The number of aliphatic hydroxyl groups is 1. The Morgan fingerprint density at radius 2 is 1.97 bits per heavy atom. The van der Waals surface area contributed by atoms with E-state index in [4.69, 9.17) is 16.6 Å². The molecule has 0 spiro atoms. The van der Waals surface area contributed by atoms with E-state index in [0.717, 1.165) is 48.3 Å². The summed E-state index contributed by atoms with van der Waals surface area (Å²) in [7, 11) is 0. The summed E-state index contributed by atoms with van der Waals surface area (Å²) in [6.07, 6.45) is 14.0. The number of rotatable bonds is 9. The van der Waals surface area contributed by atoms with Gasteiger partial charge in [0.1, 0.15) is 0 Å². The van der Waals surface area contributed by atoms with Crippen molar-refractivity contribution in [2.75, 3.05) is 38.1 Å². The molecule has 30 heavy (non-hydrogen) atoms. The normalized spacial score (nSPS) is 16.0. The third kappa shape index (κ3) is 4.67. The van der Waals surface area contributed by atoms with Crippen molar-refractivity contribution >= 4 is 28.2 Å². The van der Waals surface area contributed by atoms with E-state index in [9.17, 15) is 5.11 Å². The van der Waals surface area contributed by atoms with Gasteiger partial charge >= 0.3 is 0 Å². The highest BCUT2D eigenvalue weighted by Gasteiger charge is 2.16. The van der Waals surface area contributed by atoms with Gasteiger partial charge in [0, 0.05) is 41.6 Å². The Balaban J connectivity index is 1.55. The second-order valence-electron chi connectivity index (χ2n) is 7.69. The molecule has 2 aliphatic rings. The molecule has 0 saturated carbocycles. The molecule has 1 heterocycles. The van der Waals surface area contributed by atoms with Crippen LogP contribution in [0.15, 0.2) is 71.9 Å². The molecule has 2 N–H and O–H groups in total. The van der Waals surface area contributed by atoms with Gasteiger partial charge in [0.05, 0.1) is 17.8 Å². The van der Waals surface area contributed by atoms with Crippen LogP contribution in [0.5, 0.6) is 0 Å². The van der Waals surface area contributed by atoms with Crippen LogP contribution in [0.25, 0.3) is 10.9 Å². The largest absolute Gasteiger partial charge is 0.395 e. The fourth-order valence-corrected chi connectivity index (χ4v) is 4.21. The summed E-state index contributed by atoms with van der Waals surface area (Å²) in [6, 6.07) is 8.04. The number of aliphatic hydroxyl groups excluding tert-OH is 1. The lowest BCUT2D eigenvalue weighted by molar-refractivity contribution is 0.212. The number of fused-ring (bicyclic) bond motifs is 1. The van der Waals surface area contributed by atoms with Crippen LogP contribution in [0.2, 0.25) is 5.02 Å². The molecule has 2 aromatic rings. The van der Waals surface area contributed by atoms with Gasteiger partial charge in [0.2, 0.25) is 0 Å². The number of allylic oxidation sites excluding steroid dienone is 6. The number of hydrogen-bond donors (Lipinski definition) is 2. The Morgan fingerprint density at radius 3 is 2.73 bits per heavy atom. The van der Waals surface area contributed by atoms with Crippen LogP contribution >= 0.6 is 11.6 Å². The van der Waals surface area contributed by atoms with E-state index < -0.39 is 0 Å². The Morgan fingerprint density at radius 1 is 1.17 bits per heavy atom. The predicted molar refractivity (Wildman–Crippen MR) is 126 cm³/mol. The molecule has 2 aliphatic carbocycles. The van der Waals surface area contributed by atoms with E-state index in [1.807, 2.05) is 18.2 Å². The average molecular weight is 422 g/mol. The number of nitrogens with zero attached hydrogens (tertiary/aromatic N) is 2. The number of likely N-dealkylation sites (N-methyl/N-ethyl adjacent to an activating group) is 1. The van der Waals surface area contributed by atoms with Crippen LogP contribution in [-0.4, -0.2) is 47.8 Å². The third-order valence-electron chi connectivity index (χ3n) is 5.75. The molecule has 0 radical (unpaired) electrons. The zero-order valence-corrected chi connectivity index (χ0v) is 18.1. The van der Waals surface area contributed by atoms with Crippen LogP contribution < -0.4 is 5.32 Å². The fourth-order valence-electron chi connectivity index (χ4n) is 4.05. The first-order chi connectivity index (χ1) is 14.7. The first-order valence-corrected chi connectivity index (χ1v) is 11.0.